The molecular weight excluding hydrogens is 204 g/mol. The first-order valence-corrected chi connectivity index (χ1v) is 5.16. The van der Waals surface area contributed by atoms with E-state index in [2.05, 4.69) is 15.6 Å². The van der Waals surface area contributed by atoms with Gasteiger partial charge in [0.2, 0.25) is 5.91 Å². The fourth-order valence-electron chi connectivity index (χ4n) is 1.58. The number of hydrogen-bond acceptors (Lipinski definition) is 2. The molecule has 1 amide bonds. The third-order valence-electron chi connectivity index (χ3n) is 2.32. The highest BCUT2D eigenvalue weighted by Crippen LogP contribution is 2.06. The zero-order chi connectivity index (χ0) is 11.4. The van der Waals surface area contributed by atoms with Crippen LogP contribution >= 0.6 is 0 Å². The second kappa shape index (κ2) is 4.65. The number of benzene rings is 1. The highest BCUT2D eigenvalue weighted by molar-refractivity contribution is 5.92. The standard InChI is InChI=1S/C11H14N4O/c12-11(14-8-4-2-1-3-5-8)15-9-6-10(16)13-7-9/h1-5,9H,6-7H2,(H,13,16)(H3,12,14,15). The predicted molar refractivity (Wildman–Crippen MR) is 63.1 cm³/mol. The fraction of sp³-hybridized carbons (Fsp3) is 0.273. The normalized spacial score (nSPS) is 20.6. The molecule has 1 aliphatic rings. The van der Waals surface area contributed by atoms with Crippen molar-refractivity contribution >= 4 is 17.6 Å². The number of para-hydroxylation sites is 1. The predicted octanol–water partition coefficient (Wildman–Crippen LogP) is 0.302. The van der Waals surface area contributed by atoms with Gasteiger partial charge in [0.1, 0.15) is 0 Å². The molecule has 1 saturated heterocycles. The van der Waals surface area contributed by atoms with E-state index in [9.17, 15) is 4.79 Å². The number of aliphatic imine (C=N–C) groups is 1. The molecule has 1 aliphatic heterocycles. The molecule has 1 aromatic carbocycles. The van der Waals surface area contributed by atoms with Crippen LogP contribution in [0, 0.1) is 0 Å². The number of rotatable bonds is 2. The van der Waals surface area contributed by atoms with Gasteiger partial charge in [0.05, 0.1) is 12.5 Å². The maximum Gasteiger partial charge on any atom is 0.222 e. The SMILES string of the molecule is NC(=NC1CNC(=O)C1)Nc1ccccc1. The lowest BCUT2D eigenvalue weighted by Gasteiger charge is -2.07. The van der Waals surface area contributed by atoms with Gasteiger partial charge in [-0.05, 0) is 12.1 Å². The van der Waals surface area contributed by atoms with Crippen LogP contribution in [0.15, 0.2) is 35.3 Å². The van der Waals surface area contributed by atoms with E-state index in [0.29, 0.717) is 18.9 Å². The molecule has 16 heavy (non-hydrogen) atoms. The molecule has 0 radical (unpaired) electrons. The molecular formula is C11H14N4O. The lowest BCUT2D eigenvalue weighted by atomic mass is 10.3. The molecule has 5 nitrogen and oxygen atoms in total. The van der Waals surface area contributed by atoms with E-state index in [1.807, 2.05) is 30.3 Å². The highest BCUT2D eigenvalue weighted by Gasteiger charge is 2.20. The van der Waals surface area contributed by atoms with Gasteiger partial charge in [-0.1, -0.05) is 18.2 Å². The van der Waals surface area contributed by atoms with E-state index < -0.39 is 0 Å². The average Bonchev–Trinajstić information content (AvgIpc) is 2.65. The first-order valence-electron chi connectivity index (χ1n) is 5.16. The van der Waals surface area contributed by atoms with Crippen LogP contribution in [-0.2, 0) is 4.79 Å². The number of guanidine groups is 1. The summed E-state index contributed by atoms with van der Waals surface area (Å²) < 4.78 is 0. The number of carbonyl (C=O) groups is 1. The Morgan fingerprint density at radius 1 is 1.44 bits per heavy atom. The van der Waals surface area contributed by atoms with Gasteiger partial charge in [0, 0.05) is 12.2 Å². The van der Waals surface area contributed by atoms with E-state index in [1.165, 1.54) is 0 Å². The van der Waals surface area contributed by atoms with E-state index in [1.54, 1.807) is 0 Å². The minimum atomic E-state index is -0.0521. The number of nitrogens with two attached hydrogens (primary N) is 1. The van der Waals surface area contributed by atoms with Crippen molar-refractivity contribution < 1.29 is 4.79 Å². The van der Waals surface area contributed by atoms with Crippen LogP contribution in [0.4, 0.5) is 5.69 Å². The summed E-state index contributed by atoms with van der Waals surface area (Å²) >= 11 is 0. The van der Waals surface area contributed by atoms with Gasteiger partial charge in [0.25, 0.3) is 0 Å². The Bertz CT molecular complexity index is 402. The van der Waals surface area contributed by atoms with Crippen LogP contribution in [0.5, 0.6) is 0 Å². The van der Waals surface area contributed by atoms with Crippen molar-refractivity contribution in [2.45, 2.75) is 12.5 Å². The minimum Gasteiger partial charge on any atom is -0.370 e. The molecule has 1 aromatic rings. The smallest absolute Gasteiger partial charge is 0.222 e. The van der Waals surface area contributed by atoms with Gasteiger partial charge in [-0.3, -0.25) is 4.79 Å². The molecule has 1 atom stereocenters. The quantitative estimate of drug-likeness (QED) is 0.493. The van der Waals surface area contributed by atoms with E-state index in [-0.39, 0.29) is 11.9 Å². The Morgan fingerprint density at radius 2 is 2.19 bits per heavy atom. The van der Waals surface area contributed by atoms with Gasteiger partial charge in [-0.15, -0.1) is 0 Å². The number of carbonyl (C=O) groups excluding carboxylic acids is 1. The van der Waals surface area contributed by atoms with Crippen LogP contribution in [-0.4, -0.2) is 24.5 Å². The molecule has 1 fully saturated rings. The largest absolute Gasteiger partial charge is 0.370 e. The van der Waals surface area contributed by atoms with Crippen LogP contribution in [0.1, 0.15) is 6.42 Å². The van der Waals surface area contributed by atoms with Crippen molar-refractivity contribution in [1.82, 2.24) is 5.32 Å². The van der Waals surface area contributed by atoms with E-state index in [4.69, 9.17) is 5.73 Å². The Hall–Kier alpha value is -2.04. The first-order chi connectivity index (χ1) is 7.74. The van der Waals surface area contributed by atoms with Gasteiger partial charge >= 0.3 is 0 Å². The van der Waals surface area contributed by atoms with Crippen LogP contribution in [0.3, 0.4) is 0 Å². The molecule has 0 saturated carbocycles. The second-order valence-electron chi connectivity index (χ2n) is 3.67. The van der Waals surface area contributed by atoms with Crippen molar-refractivity contribution in [3.05, 3.63) is 30.3 Å². The average molecular weight is 218 g/mol. The summed E-state index contributed by atoms with van der Waals surface area (Å²) in [6, 6.07) is 9.51. The van der Waals surface area contributed by atoms with Gasteiger partial charge in [-0.25, -0.2) is 4.99 Å². The summed E-state index contributed by atoms with van der Waals surface area (Å²) in [6.45, 7) is 0.565. The molecule has 0 aliphatic carbocycles. The van der Waals surface area contributed by atoms with Crippen molar-refractivity contribution in [3.8, 4) is 0 Å². The molecule has 1 heterocycles. The van der Waals surface area contributed by atoms with Gasteiger partial charge in [0.15, 0.2) is 5.96 Å². The van der Waals surface area contributed by atoms with Crippen molar-refractivity contribution in [3.63, 3.8) is 0 Å². The second-order valence-corrected chi connectivity index (χ2v) is 3.67. The maximum atomic E-state index is 11.0. The summed E-state index contributed by atoms with van der Waals surface area (Å²) in [6.07, 6.45) is 0.414. The van der Waals surface area contributed by atoms with Crippen LogP contribution in [0.2, 0.25) is 0 Å². The molecule has 1 unspecified atom stereocenters. The summed E-state index contributed by atoms with van der Waals surface area (Å²) in [5.41, 5.74) is 6.62. The molecule has 5 heteroatoms. The van der Waals surface area contributed by atoms with Gasteiger partial charge < -0.3 is 16.4 Å². The number of amides is 1. The lowest BCUT2D eigenvalue weighted by molar-refractivity contribution is -0.119. The molecule has 84 valence electrons. The zero-order valence-corrected chi connectivity index (χ0v) is 8.81. The van der Waals surface area contributed by atoms with Crippen molar-refractivity contribution in [2.75, 3.05) is 11.9 Å². The van der Waals surface area contributed by atoms with Gasteiger partial charge in [-0.2, -0.15) is 0 Å². The van der Waals surface area contributed by atoms with Crippen molar-refractivity contribution in [2.24, 2.45) is 10.7 Å². The third-order valence-corrected chi connectivity index (χ3v) is 2.32. The molecule has 2 rings (SSSR count). The van der Waals surface area contributed by atoms with Crippen molar-refractivity contribution in [1.29, 1.82) is 0 Å². The van der Waals surface area contributed by atoms with E-state index in [0.717, 1.165) is 5.69 Å². The first kappa shape index (κ1) is 10.5. The Balaban J connectivity index is 1.95. The molecule has 0 spiro atoms. The Kier molecular flexibility index (Phi) is 3.05. The third kappa shape index (κ3) is 2.73. The Morgan fingerprint density at radius 3 is 2.81 bits per heavy atom. The molecule has 0 aromatic heterocycles. The van der Waals surface area contributed by atoms with Crippen LogP contribution in [0.25, 0.3) is 0 Å². The molecule has 0 bridgehead atoms. The molecule has 4 N–H and O–H groups in total. The number of hydrogen-bond donors (Lipinski definition) is 3. The Labute approximate surface area is 93.7 Å². The maximum absolute atomic E-state index is 11.0. The summed E-state index contributed by atoms with van der Waals surface area (Å²) in [4.78, 5) is 15.2. The monoisotopic (exact) mass is 218 g/mol. The summed E-state index contributed by atoms with van der Waals surface area (Å²) in [7, 11) is 0. The number of nitrogens with one attached hydrogen (secondary N) is 2. The summed E-state index contributed by atoms with van der Waals surface area (Å²) in [5.74, 6) is 0.369. The lowest BCUT2D eigenvalue weighted by Crippen LogP contribution is -2.25. The number of anilines is 1. The minimum absolute atomic E-state index is 0.0289. The fourth-order valence-corrected chi connectivity index (χ4v) is 1.58. The summed E-state index contributed by atoms with van der Waals surface area (Å²) in [5, 5.41) is 5.68. The van der Waals surface area contributed by atoms with Crippen LogP contribution < -0.4 is 16.4 Å². The highest BCUT2D eigenvalue weighted by atomic mass is 16.1. The topological polar surface area (TPSA) is 79.5 Å². The zero-order valence-electron chi connectivity index (χ0n) is 8.81. The van der Waals surface area contributed by atoms with E-state index >= 15 is 0 Å². The number of nitrogens with zero attached hydrogens (tertiary/aromatic N) is 1.